The number of alkyl halides is 1. The van der Waals surface area contributed by atoms with Crippen molar-refractivity contribution in [2.45, 2.75) is 40.2 Å². The molecule has 0 aliphatic carbocycles. The zero-order chi connectivity index (χ0) is 25.3. The van der Waals surface area contributed by atoms with Crippen LogP contribution in [-0.2, 0) is 19.6 Å². The summed E-state index contributed by atoms with van der Waals surface area (Å²) in [6.07, 6.45) is 7.40. The minimum atomic E-state index is -3.32. The van der Waals surface area contributed by atoms with Gasteiger partial charge in [0, 0.05) is 48.8 Å². The van der Waals surface area contributed by atoms with Gasteiger partial charge in [-0.3, -0.25) is 4.79 Å². The number of rotatable bonds is 18. The fraction of sp³-hybridized carbons (Fsp3) is 0.591. The average molecular weight is 551 g/mol. The van der Waals surface area contributed by atoms with E-state index >= 15 is 0 Å². The molecule has 0 aromatic heterocycles. The lowest BCUT2D eigenvalue weighted by Gasteiger charge is -2.21. The second-order valence-corrected chi connectivity index (χ2v) is 10.2. The number of allylic oxidation sites excluding steroid dienone is 2. The molecule has 1 amide bonds. The van der Waals surface area contributed by atoms with E-state index in [2.05, 4.69) is 38.5 Å². The van der Waals surface area contributed by atoms with Crippen molar-refractivity contribution < 1.29 is 17.9 Å². The number of nitrogens with two attached hydrogens (primary N) is 1. The molecule has 0 radical (unpaired) electrons. The van der Waals surface area contributed by atoms with Crippen molar-refractivity contribution in [1.82, 2.24) is 20.3 Å². The van der Waals surface area contributed by atoms with Gasteiger partial charge < -0.3 is 26.4 Å². The van der Waals surface area contributed by atoms with Gasteiger partial charge in [0.2, 0.25) is 15.9 Å². The molecule has 9 nitrogen and oxygen atoms in total. The fourth-order valence-electron chi connectivity index (χ4n) is 2.57. The average Bonchev–Trinajstić information content (AvgIpc) is 2.75. The van der Waals surface area contributed by atoms with Gasteiger partial charge >= 0.3 is 0 Å². The van der Waals surface area contributed by atoms with Crippen LogP contribution in [-0.4, -0.2) is 68.5 Å². The third-order valence-corrected chi connectivity index (χ3v) is 6.69. The van der Waals surface area contributed by atoms with E-state index in [1.165, 1.54) is 10.6 Å². The molecule has 0 aromatic rings. The summed E-state index contributed by atoms with van der Waals surface area (Å²) in [7, 11) is -3.32. The molecule has 0 saturated heterocycles. The minimum absolute atomic E-state index is 0.00352. The van der Waals surface area contributed by atoms with E-state index in [0.29, 0.717) is 49.5 Å². The Morgan fingerprint density at radius 1 is 1.27 bits per heavy atom. The SMILES string of the molecule is C=C(N)O/C=C(\C)C(=O)NC/C=C(\C=C/CBr)NCCN(CC)S(=O)(=O)CCCNC(C)C. The summed E-state index contributed by atoms with van der Waals surface area (Å²) in [5, 5.41) is 9.89. The molecular weight excluding hydrogens is 510 g/mol. The highest BCUT2D eigenvalue weighted by Crippen LogP contribution is 2.04. The Hall–Kier alpha value is -1.82. The van der Waals surface area contributed by atoms with Crippen molar-refractivity contribution in [3.8, 4) is 0 Å². The normalized spacial score (nSPS) is 13.1. The highest BCUT2D eigenvalue weighted by atomic mass is 79.9. The summed E-state index contributed by atoms with van der Waals surface area (Å²) >= 11 is 3.34. The van der Waals surface area contributed by atoms with Crippen molar-refractivity contribution in [3.05, 3.63) is 48.2 Å². The van der Waals surface area contributed by atoms with Crippen molar-refractivity contribution in [2.24, 2.45) is 5.73 Å². The van der Waals surface area contributed by atoms with E-state index < -0.39 is 10.0 Å². The molecule has 5 N–H and O–H groups in total. The summed E-state index contributed by atoms with van der Waals surface area (Å²) in [6.45, 7) is 13.0. The van der Waals surface area contributed by atoms with E-state index in [4.69, 9.17) is 10.5 Å². The van der Waals surface area contributed by atoms with Crippen LogP contribution in [0.5, 0.6) is 0 Å². The third-order valence-electron chi connectivity index (χ3n) is 4.28. The van der Waals surface area contributed by atoms with Gasteiger partial charge in [-0.2, -0.15) is 0 Å². The number of carbonyl (C=O) groups is 1. The molecule has 0 unspecified atom stereocenters. The van der Waals surface area contributed by atoms with Crippen LogP contribution in [0.25, 0.3) is 0 Å². The first kappa shape index (κ1) is 31.2. The second kappa shape index (κ2) is 17.6. The van der Waals surface area contributed by atoms with Crippen molar-refractivity contribution in [3.63, 3.8) is 0 Å². The standard InChI is InChI=1S/C22H40BrN5O4S/c1-6-28(33(30,31)16-8-12-25-18(2)3)15-14-26-21(9-7-11-23)10-13-27-22(29)19(4)17-32-20(5)24/h7,9-10,17-18,25-26H,5-6,8,11-16,24H2,1-4H3,(H,27,29)/b9-7-,19-17+,21-10+. The lowest BCUT2D eigenvalue weighted by Crippen LogP contribution is -2.38. The van der Waals surface area contributed by atoms with Gasteiger partial charge in [0.05, 0.1) is 5.75 Å². The second-order valence-electron chi connectivity index (χ2n) is 7.51. The molecule has 33 heavy (non-hydrogen) atoms. The molecule has 0 spiro atoms. The summed E-state index contributed by atoms with van der Waals surface area (Å²) in [5.74, 6) is -0.178. The summed E-state index contributed by atoms with van der Waals surface area (Å²) in [4.78, 5) is 12.1. The zero-order valence-corrected chi connectivity index (χ0v) is 22.6. The van der Waals surface area contributed by atoms with Crippen LogP contribution < -0.4 is 21.7 Å². The number of halogens is 1. The van der Waals surface area contributed by atoms with Crippen LogP contribution in [0, 0.1) is 0 Å². The number of sulfonamides is 1. The van der Waals surface area contributed by atoms with Crippen LogP contribution in [0.15, 0.2) is 48.2 Å². The Bertz CT molecular complexity index is 795. The number of hydrogen-bond acceptors (Lipinski definition) is 7. The summed E-state index contributed by atoms with van der Waals surface area (Å²) < 4.78 is 31.6. The Labute approximate surface area is 207 Å². The zero-order valence-electron chi connectivity index (χ0n) is 20.2. The van der Waals surface area contributed by atoms with Crippen LogP contribution in [0.3, 0.4) is 0 Å². The molecule has 0 bridgehead atoms. The summed E-state index contributed by atoms with van der Waals surface area (Å²) in [6, 6.07) is 0.334. The number of amides is 1. The van der Waals surface area contributed by atoms with E-state index in [9.17, 15) is 13.2 Å². The lowest BCUT2D eigenvalue weighted by atomic mass is 10.3. The fourth-order valence-corrected chi connectivity index (χ4v) is 4.29. The number of carbonyl (C=O) groups excluding carboxylic acids is 1. The van der Waals surface area contributed by atoms with Crippen molar-refractivity contribution in [1.29, 1.82) is 0 Å². The molecular formula is C22H40BrN5O4S. The Kier molecular flexibility index (Phi) is 16.7. The van der Waals surface area contributed by atoms with E-state index in [0.717, 1.165) is 5.70 Å². The van der Waals surface area contributed by atoms with Gasteiger partial charge in [-0.05, 0) is 38.6 Å². The van der Waals surface area contributed by atoms with Crippen molar-refractivity contribution >= 4 is 31.9 Å². The first-order chi connectivity index (χ1) is 15.5. The van der Waals surface area contributed by atoms with Gasteiger partial charge in [0.15, 0.2) is 5.88 Å². The maximum atomic E-state index is 12.6. The topological polar surface area (TPSA) is 126 Å². The number of nitrogens with zero attached hydrogens (tertiary/aromatic N) is 1. The quantitative estimate of drug-likeness (QED) is 0.0676. The Morgan fingerprint density at radius 2 is 1.97 bits per heavy atom. The molecule has 0 aliphatic rings. The molecule has 11 heteroatoms. The highest BCUT2D eigenvalue weighted by Gasteiger charge is 2.19. The van der Waals surface area contributed by atoms with Crippen LogP contribution >= 0.6 is 15.9 Å². The van der Waals surface area contributed by atoms with E-state index in [1.807, 2.05) is 39.0 Å². The smallest absolute Gasteiger partial charge is 0.250 e. The monoisotopic (exact) mass is 549 g/mol. The Balaban J connectivity index is 4.79. The van der Waals surface area contributed by atoms with Crippen LogP contribution in [0.4, 0.5) is 0 Å². The van der Waals surface area contributed by atoms with Gasteiger partial charge in [-0.15, -0.1) is 0 Å². The predicted molar refractivity (Wildman–Crippen MR) is 139 cm³/mol. The molecule has 190 valence electrons. The molecule has 0 rings (SSSR count). The van der Waals surface area contributed by atoms with Gasteiger partial charge in [-0.25, -0.2) is 12.7 Å². The summed E-state index contributed by atoms with van der Waals surface area (Å²) in [5.41, 5.74) is 6.44. The van der Waals surface area contributed by atoms with Crippen LogP contribution in [0.1, 0.15) is 34.1 Å². The molecule has 0 aromatic carbocycles. The number of likely N-dealkylation sites (N-methyl/N-ethyl adjacent to an activating group) is 1. The first-order valence-electron chi connectivity index (χ1n) is 11.0. The predicted octanol–water partition coefficient (Wildman–Crippen LogP) is 1.92. The van der Waals surface area contributed by atoms with Gasteiger partial charge in [0.25, 0.3) is 0 Å². The molecule has 0 fully saturated rings. The highest BCUT2D eigenvalue weighted by molar-refractivity contribution is 9.09. The maximum absolute atomic E-state index is 12.6. The van der Waals surface area contributed by atoms with Gasteiger partial charge in [0.1, 0.15) is 6.26 Å². The number of nitrogens with one attached hydrogen (secondary N) is 3. The first-order valence-corrected chi connectivity index (χ1v) is 13.7. The minimum Gasteiger partial charge on any atom is -0.449 e. The largest absolute Gasteiger partial charge is 0.449 e. The molecule has 0 saturated carbocycles. The van der Waals surface area contributed by atoms with E-state index in [-0.39, 0.29) is 24.1 Å². The lowest BCUT2D eigenvalue weighted by molar-refractivity contribution is -0.117. The number of hydrogen-bond donors (Lipinski definition) is 4. The maximum Gasteiger partial charge on any atom is 0.250 e. The van der Waals surface area contributed by atoms with E-state index in [1.54, 1.807) is 6.92 Å². The third kappa shape index (κ3) is 15.6. The molecule has 0 heterocycles. The molecule has 0 atom stereocenters. The Morgan fingerprint density at radius 3 is 2.55 bits per heavy atom. The van der Waals surface area contributed by atoms with Crippen LogP contribution in [0.2, 0.25) is 0 Å². The number of ether oxygens (including phenoxy) is 1. The molecule has 0 aliphatic heterocycles. The van der Waals surface area contributed by atoms with Crippen molar-refractivity contribution in [2.75, 3.05) is 43.8 Å². The van der Waals surface area contributed by atoms with Gasteiger partial charge in [-0.1, -0.05) is 42.8 Å².